The number of thiophene rings is 1. The predicted molar refractivity (Wildman–Crippen MR) is 47.2 cm³/mol. The van der Waals surface area contributed by atoms with E-state index >= 15 is 0 Å². The van der Waals surface area contributed by atoms with Crippen LogP contribution in [-0.4, -0.2) is 13.1 Å². The van der Waals surface area contributed by atoms with Crippen LogP contribution in [0.4, 0.5) is 0 Å². The normalized spacial score (nSPS) is 17.4. The Bertz CT molecular complexity index is 318. The molecule has 0 radical (unpaired) electrons. The number of esters is 1. The Balaban J connectivity index is 2.29. The summed E-state index contributed by atoms with van der Waals surface area (Å²) in [5, 5.41) is 3.93. The first-order chi connectivity index (χ1) is 5.79. The van der Waals surface area contributed by atoms with Crippen molar-refractivity contribution in [1.29, 1.82) is 0 Å². The first-order valence-corrected chi connectivity index (χ1v) is 4.55. The third-order valence-electron chi connectivity index (χ3n) is 2.02. The number of rotatable bonds is 2. The van der Waals surface area contributed by atoms with Gasteiger partial charge in [0.05, 0.1) is 7.11 Å². The molecule has 0 bridgehead atoms. The van der Waals surface area contributed by atoms with Crippen LogP contribution in [0.25, 0.3) is 0 Å². The van der Waals surface area contributed by atoms with Gasteiger partial charge in [0.15, 0.2) is 0 Å². The second-order valence-corrected chi connectivity index (χ2v) is 3.49. The monoisotopic (exact) mass is 180 g/mol. The highest BCUT2D eigenvalue weighted by molar-refractivity contribution is 7.08. The van der Waals surface area contributed by atoms with Crippen LogP contribution in [0.15, 0.2) is 29.0 Å². The number of carbonyl (C=O) groups excluding carboxylic acids is 1. The van der Waals surface area contributed by atoms with Crippen molar-refractivity contribution in [3.05, 3.63) is 34.5 Å². The summed E-state index contributed by atoms with van der Waals surface area (Å²) in [6, 6.07) is 1.95. The van der Waals surface area contributed by atoms with Crippen LogP contribution < -0.4 is 0 Å². The van der Waals surface area contributed by atoms with Gasteiger partial charge < -0.3 is 4.74 Å². The third-order valence-corrected chi connectivity index (χ3v) is 2.71. The summed E-state index contributed by atoms with van der Waals surface area (Å²) in [5.74, 6) is -0.194. The van der Waals surface area contributed by atoms with Gasteiger partial charge in [0.2, 0.25) is 0 Å². The third kappa shape index (κ3) is 0.898. The van der Waals surface area contributed by atoms with Crippen molar-refractivity contribution in [2.24, 2.45) is 0 Å². The summed E-state index contributed by atoms with van der Waals surface area (Å²) >= 11 is 1.59. The van der Waals surface area contributed by atoms with Crippen molar-refractivity contribution in [1.82, 2.24) is 0 Å². The largest absolute Gasteiger partial charge is 0.468 e. The zero-order chi connectivity index (χ0) is 8.60. The molecule has 2 nitrogen and oxygen atoms in total. The summed E-state index contributed by atoms with van der Waals surface area (Å²) in [6.45, 7) is 0. The van der Waals surface area contributed by atoms with Gasteiger partial charge in [-0.15, -0.1) is 0 Å². The van der Waals surface area contributed by atoms with Gasteiger partial charge in [0.25, 0.3) is 0 Å². The molecular formula is C9H8O2S. The smallest absolute Gasteiger partial charge is 0.324 e. The van der Waals surface area contributed by atoms with Crippen LogP contribution in [0.5, 0.6) is 0 Å². The minimum Gasteiger partial charge on any atom is -0.468 e. The fourth-order valence-corrected chi connectivity index (χ4v) is 1.92. The molecule has 1 aliphatic carbocycles. The Labute approximate surface area is 74.5 Å². The van der Waals surface area contributed by atoms with Gasteiger partial charge in [-0.25, -0.2) is 0 Å². The molecule has 0 atom stereocenters. The molecule has 0 unspecified atom stereocenters. The molecule has 1 aromatic heterocycles. The van der Waals surface area contributed by atoms with Crippen molar-refractivity contribution in [2.75, 3.05) is 7.11 Å². The van der Waals surface area contributed by atoms with E-state index in [0.717, 1.165) is 5.56 Å². The van der Waals surface area contributed by atoms with Crippen LogP contribution in [0.1, 0.15) is 5.56 Å². The first-order valence-electron chi connectivity index (χ1n) is 3.61. The zero-order valence-electron chi connectivity index (χ0n) is 6.61. The summed E-state index contributed by atoms with van der Waals surface area (Å²) < 4.78 is 4.70. The van der Waals surface area contributed by atoms with Gasteiger partial charge in [-0.2, -0.15) is 11.3 Å². The summed E-state index contributed by atoms with van der Waals surface area (Å²) in [4.78, 5) is 11.3. The number of carbonyl (C=O) groups is 1. The van der Waals surface area contributed by atoms with Crippen LogP contribution in [0.3, 0.4) is 0 Å². The van der Waals surface area contributed by atoms with Gasteiger partial charge in [-0.05, 0) is 22.4 Å². The number of hydrogen-bond acceptors (Lipinski definition) is 3. The first kappa shape index (κ1) is 7.55. The summed E-state index contributed by atoms with van der Waals surface area (Å²) in [5.41, 5.74) is 0.494. The Hall–Kier alpha value is -1.09. The maximum atomic E-state index is 11.3. The van der Waals surface area contributed by atoms with E-state index in [1.165, 1.54) is 7.11 Å². The quantitative estimate of drug-likeness (QED) is 0.511. The second kappa shape index (κ2) is 2.45. The second-order valence-electron chi connectivity index (χ2n) is 2.71. The van der Waals surface area contributed by atoms with Crippen molar-refractivity contribution in [3.8, 4) is 0 Å². The molecule has 0 fully saturated rings. The van der Waals surface area contributed by atoms with E-state index in [1.54, 1.807) is 11.3 Å². The van der Waals surface area contributed by atoms with Gasteiger partial charge in [-0.3, -0.25) is 4.79 Å². The van der Waals surface area contributed by atoms with E-state index in [9.17, 15) is 4.79 Å². The highest BCUT2D eigenvalue weighted by Crippen LogP contribution is 2.40. The van der Waals surface area contributed by atoms with E-state index in [1.807, 2.05) is 29.0 Å². The Morgan fingerprint density at radius 2 is 2.33 bits per heavy atom. The maximum Gasteiger partial charge on any atom is 0.324 e. The topological polar surface area (TPSA) is 26.3 Å². The predicted octanol–water partition coefficient (Wildman–Crippen LogP) is 1.73. The Morgan fingerprint density at radius 3 is 2.75 bits per heavy atom. The number of ether oxygens (including phenoxy) is 1. The molecule has 0 saturated heterocycles. The van der Waals surface area contributed by atoms with Crippen LogP contribution >= 0.6 is 11.3 Å². The van der Waals surface area contributed by atoms with E-state index in [0.29, 0.717) is 0 Å². The van der Waals surface area contributed by atoms with Crippen molar-refractivity contribution in [3.63, 3.8) is 0 Å². The fourth-order valence-electron chi connectivity index (χ4n) is 1.20. The molecule has 1 aliphatic rings. The minimum atomic E-state index is -0.519. The number of methoxy groups -OCH3 is 1. The molecule has 2 rings (SSSR count). The van der Waals surface area contributed by atoms with Gasteiger partial charge in [-0.1, -0.05) is 12.2 Å². The van der Waals surface area contributed by atoms with Gasteiger partial charge in [0.1, 0.15) is 5.41 Å². The van der Waals surface area contributed by atoms with Crippen molar-refractivity contribution < 1.29 is 9.53 Å². The van der Waals surface area contributed by atoms with Crippen molar-refractivity contribution >= 4 is 17.3 Å². The van der Waals surface area contributed by atoms with E-state index in [4.69, 9.17) is 4.74 Å². The molecule has 1 heterocycles. The number of hydrogen-bond donors (Lipinski definition) is 0. The lowest BCUT2D eigenvalue weighted by Gasteiger charge is -2.10. The molecule has 0 amide bonds. The lowest BCUT2D eigenvalue weighted by molar-refractivity contribution is -0.142. The van der Waals surface area contributed by atoms with E-state index in [-0.39, 0.29) is 5.97 Å². The average molecular weight is 180 g/mol. The Kier molecular flexibility index (Phi) is 1.54. The van der Waals surface area contributed by atoms with Gasteiger partial charge >= 0.3 is 5.97 Å². The summed E-state index contributed by atoms with van der Waals surface area (Å²) in [7, 11) is 1.41. The molecule has 1 aromatic rings. The molecule has 12 heavy (non-hydrogen) atoms. The molecule has 0 aromatic carbocycles. The van der Waals surface area contributed by atoms with E-state index < -0.39 is 5.41 Å². The molecule has 62 valence electrons. The maximum absolute atomic E-state index is 11.3. The van der Waals surface area contributed by atoms with Crippen molar-refractivity contribution in [2.45, 2.75) is 5.41 Å². The molecule has 0 aliphatic heterocycles. The van der Waals surface area contributed by atoms with Crippen LogP contribution in [0, 0.1) is 0 Å². The SMILES string of the molecule is COC(=O)C1(c2ccsc2)C=C1. The lowest BCUT2D eigenvalue weighted by Crippen LogP contribution is -2.22. The molecule has 0 N–H and O–H groups in total. The highest BCUT2D eigenvalue weighted by Gasteiger charge is 2.45. The van der Waals surface area contributed by atoms with E-state index in [2.05, 4.69) is 0 Å². The van der Waals surface area contributed by atoms with Crippen LogP contribution in [0.2, 0.25) is 0 Å². The molecule has 3 heteroatoms. The zero-order valence-corrected chi connectivity index (χ0v) is 7.43. The molecule has 0 spiro atoms. The standard InChI is InChI=1S/C9H8O2S/c1-11-8(10)9(3-4-9)7-2-5-12-6-7/h2-6H,1H3. The van der Waals surface area contributed by atoms with Crippen LogP contribution in [-0.2, 0) is 14.9 Å². The molecule has 0 saturated carbocycles. The Morgan fingerprint density at radius 1 is 1.58 bits per heavy atom. The average Bonchev–Trinajstić information content (AvgIpc) is 2.73. The lowest BCUT2D eigenvalue weighted by atomic mass is 9.97. The fraction of sp³-hybridized carbons (Fsp3) is 0.222. The highest BCUT2D eigenvalue weighted by atomic mass is 32.1. The minimum absolute atomic E-state index is 0.194. The molecular weight excluding hydrogens is 172 g/mol. The van der Waals surface area contributed by atoms with Gasteiger partial charge in [0, 0.05) is 0 Å². The summed E-state index contributed by atoms with van der Waals surface area (Å²) in [6.07, 6.45) is 3.72.